The summed E-state index contributed by atoms with van der Waals surface area (Å²) >= 11 is 2.68. The fourth-order valence-electron chi connectivity index (χ4n) is 3.39. The number of anilines is 2. The van der Waals surface area contributed by atoms with Gasteiger partial charge in [0.1, 0.15) is 0 Å². The van der Waals surface area contributed by atoms with Crippen LogP contribution in [0.25, 0.3) is 5.69 Å². The lowest BCUT2D eigenvalue weighted by atomic mass is 10.2. The third kappa shape index (κ3) is 4.86. The maximum absolute atomic E-state index is 12.6. The molecule has 32 heavy (non-hydrogen) atoms. The van der Waals surface area contributed by atoms with Crippen LogP contribution in [0.4, 0.5) is 10.8 Å². The predicted octanol–water partition coefficient (Wildman–Crippen LogP) is 4.29. The lowest BCUT2D eigenvalue weighted by Crippen LogP contribution is -2.32. The molecule has 4 rings (SSSR count). The van der Waals surface area contributed by atoms with Crippen LogP contribution >= 0.6 is 23.1 Å². The number of hydrogen-bond acceptors (Lipinski definition) is 7. The van der Waals surface area contributed by atoms with Crippen LogP contribution in [0.2, 0.25) is 0 Å². The van der Waals surface area contributed by atoms with Crippen molar-refractivity contribution in [1.82, 2.24) is 20.0 Å². The number of amides is 2. The Labute approximate surface area is 195 Å². The highest BCUT2D eigenvalue weighted by atomic mass is 32.2. The Balaban J connectivity index is 1.39. The standard InChI is InChI=1S/C22H26N6O2S2/c1-5-19(30)27(16-10-11-16)21-24-25-22(32-21)31-12-18(29)23-20-14(3)26-28(15(20)4)17-8-6-13(2)7-9-17/h6-9,16H,5,10-12H2,1-4H3,(H,23,29). The highest BCUT2D eigenvalue weighted by Gasteiger charge is 2.35. The van der Waals surface area contributed by atoms with Crippen LogP contribution in [0.3, 0.4) is 0 Å². The zero-order chi connectivity index (χ0) is 22.8. The van der Waals surface area contributed by atoms with Crippen molar-refractivity contribution in [2.24, 2.45) is 0 Å². The molecule has 0 spiro atoms. The number of rotatable bonds is 8. The molecule has 2 amide bonds. The van der Waals surface area contributed by atoms with E-state index in [1.54, 1.807) is 4.90 Å². The summed E-state index contributed by atoms with van der Waals surface area (Å²) in [5, 5.41) is 16.5. The SMILES string of the molecule is CCC(=O)N(c1nnc(SCC(=O)Nc2c(C)nn(-c3ccc(C)cc3)c2C)s1)C1CC1. The molecule has 1 fully saturated rings. The minimum absolute atomic E-state index is 0.0643. The molecule has 0 unspecified atom stereocenters. The second kappa shape index (κ2) is 9.41. The fraction of sp³-hybridized carbons (Fsp3) is 0.409. The van der Waals surface area contributed by atoms with Crippen molar-refractivity contribution >= 4 is 45.7 Å². The normalized spacial score (nSPS) is 13.2. The van der Waals surface area contributed by atoms with Gasteiger partial charge in [-0.1, -0.05) is 47.7 Å². The van der Waals surface area contributed by atoms with Crippen LogP contribution in [-0.2, 0) is 9.59 Å². The van der Waals surface area contributed by atoms with Crippen molar-refractivity contribution < 1.29 is 9.59 Å². The van der Waals surface area contributed by atoms with E-state index in [9.17, 15) is 9.59 Å². The number of hydrogen-bond donors (Lipinski definition) is 1. The fourth-order valence-corrected chi connectivity index (χ4v) is 5.12. The van der Waals surface area contributed by atoms with E-state index in [0.717, 1.165) is 35.6 Å². The highest BCUT2D eigenvalue weighted by molar-refractivity contribution is 8.01. The summed E-state index contributed by atoms with van der Waals surface area (Å²) in [6, 6.07) is 8.34. The summed E-state index contributed by atoms with van der Waals surface area (Å²) in [4.78, 5) is 26.6. The topological polar surface area (TPSA) is 93.0 Å². The lowest BCUT2D eigenvalue weighted by molar-refractivity contribution is -0.118. The molecule has 8 nitrogen and oxygen atoms in total. The van der Waals surface area contributed by atoms with Gasteiger partial charge < -0.3 is 5.32 Å². The zero-order valence-corrected chi connectivity index (χ0v) is 20.2. The molecule has 0 bridgehead atoms. The number of carbonyl (C=O) groups excluding carboxylic acids is 2. The molecule has 1 aliphatic carbocycles. The molecule has 1 saturated carbocycles. The molecular weight excluding hydrogens is 444 g/mol. The molecule has 0 saturated heterocycles. The maximum atomic E-state index is 12.6. The number of thioether (sulfide) groups is 1. The summed E-state index contributed by atoms with van der Waals surface area (Å²) < 4.78 is 2.51. The van der Waals surface area contributed by atoms with Crippen LogP contribution < -0.4 is 10.2 Å². The van der Waals surface area contributed by atoms with Crippen molar-refractivity contribution in [2.75, 3.05) is 16.0 Å². The third-order valence-electron chi connectivity index (χ3n) is 5.25. The molecule has 0 aliphatic heterocycles. The van der Waals surface area contributed by atoms with Gasteiger partial charge in [0, 0.05) is 12.5 Å². The van der Waals surface area contributed by atoms with Gasteiger partial charge in [-0.3, -0.25) is 14.5 Å². The molecule has 1 N–H and O–H groups in total. The second-order valence-electron chi connectivity index (χ2n) is 7.83. The van der Waals surface area contributed by atoms with E-state index >= 15 is 0 Å². The Kier molecular flexibility index (Phi) is 6.61. The molecule has 0 radical (unpaired) electrons. The van der Waals surface area contributed by atoms with Crippen molar-refractivity contribution in [3.8, 4) is 5.69 Å². The summed E-state index contributed by atoms with van der Waals surface area (Å²) in [6.45, 7) is 7.72. The summed E-state index contributed by atoms with van der Waals surface area (Å²) in [5.41, 5.74) is 4.50. The molecule has 1 aromatic carbocycles. The van der Waals surface area contributed by atoms with Crippen LogP contribution in [0, 0.1) is 20.8 Å². The Morgan fingerprint density at radius 2 is 1.91 bits per heavy atom. The van der Waals surface area contributed by atoms with Gasteiger partial charge in [0.2, 0.25) is 16.9 Å². The molecule has 2 aromatic heterocycles. The Hall–Kier alpha value is -2.72. The monoisotopic (exact) mass is 470 g/mol. The largest absolute Gasteiger partial charge is 0.322 e. The van der Waals surface area contributed by atoms with Crippen LogP contribution in [-0.4, -0.2) is 43.6 Å². The van der Waals surface area contributed by atoms with Gasteiger partial charge in [-0.15, -0.1) is 10.2 Å². The van der Waals surface area contributed by atoms with Gasteiger partial charge in [-0.05, 0) is 45.7 Å². The first-order chi connectivity index (χ1) is 15.4. The van der Waals surface area contributed by atoms with E-state index < -0.39 is 0 Å². The van der Waals surface area contributed by atoms with Gasteiger partial charge in [-0.2, -0.15) is 5.10 Å². The van der Waals surface area contributed by atoms with Gasteiger partial charge >= 0.3 is 0 Å². The van der Waals surface area contributed by atoms with Crippen molar-refractivity contribution in [1.29, 1.82) is 0 Å². The summed E-state index contributed by atoms with van der Waals surface area (Å²) in [6.07, 6.45) is 2.45. The second-order valence-corrected chi connectivity index (χ2v) is 10.0. The maximum Gasteiger partial charge on any atom is 0.234 e. The molecule has 3 aromatic rings. The number of nitrogens with one attached hydrogen (secondary N) is 1. The van der Waals surface area contributed by atoms with E-state index in [0.29, 0.717) is 15.9 Å². The number of benzene rings is 1. The average Bonchev–Trinajstić information content (AvgIpc) is 3.44. The minimum Gasteiger partial charge on any atom is -0.322 e. The minimum atomic E-state index is -0.134. The smallest absolute Gasteiger partial charge is 0.234 e. The molecule has 2 heterocycles. The van der Waals surface area contributed by atoms with Gasteiger partial charge in [0.15, 0.2) is 4.34 Å². The van der Waals surface area contributed by atoms with E-state index in [-0.39, 0.29) is 23.6 Å². The van der Waals surface area contributed by atoms with Crippen molar-refractivity contribution in [3.05, 3.63) is 41.2 Å². The number of carbonyl (C=O) groups is 2. The molecule has 168 valence electrons. The molecule has 1 aliphatic rings. The molecule has 10 heteroatoms. The number of aryl methyl sites for hydroxylation is 2. The van der Waals surface area contributed by atoms with Crippen molar-refractivity contribution in [3.63, 3.8) is 0 Å². The highest BCUT2D eigenvalue weighted by Crippen LogP contribution is 2.36. The third-order valence-corrected chi connectivity index (χ3v) is 7.30. The first kappa shape index (κ1) is 22.5. The summed E-state index contributed by atoms with van der Waals surface area (Å²) in [5.74, 6) is 0.133. The van der Waals surface area contributed by atoms with Gasteiger partial charge in [0.05, 0.1) is 28.5 Å². The first-order valence-corrected chi connectivity index (χ1v) is 12.4. The Morgan fingerprint density at radius 3 is 2.56 bits per heavy atom. The average molecular weight is 471 g/mol. The van der Waals surface area contributed by atoms with Crippen LogP contribution in [0.1, 0.15) is 43.1 Å². The van der Waals surface area contributed by atoms with Crippen LogP contribution in [0.5, 0.6) is 0 Å². The van der Waals surface area contributed by atoms with E-state index in [1.165, 1.54) is 28.7 Å². The lowest BCUT2D eigenvalue weighted by Gasteiger charge is -2.17. The van der Waals surface area contributed by atoms with E-state index in [1.807, 2.05) is 56.6 Å². The van der Waals surface area contributed by atoms with Crippen LogP contribution in [0.15, 0.2) is 28.6 Å². The van der Waals surface area contributed by atoms with E-state index in [2.05, 4.69) is 20.6 Å². The Morgan fingerprint density at radius 1 is 1.19 bits per heavy atom. The van der Waals surface area contributed by atoms with Crippen molar-refractivity contribution in [2.45, 2.75) is 57.3 Å². The zero-order valence-electron chi connectivity index (χ0n) is 18.6. The Bertz CT molecular complexity index is 1130. The molecule has 0 atom stereocenters. The van der Waals surface area contributed by atoms with Gasteiger partial charge in [-0.25, -0.2) is 4.68 Å². The molecular formula is C22H26N6O2S2. The number of nitrogens with zero attached hydrogens (tertiary/aromatic N) is 5. The van der Waals surface area contributed by atoms with E-state index in [4.69, 9.17) is 0 Å². The quantitative estimate of drug-likeness (QED) is 0.390. The van der Waals surface area contributed by atoms with Gasteiger partial charge in [0.25, 0.3) is 0 Å². The number of aromatic nitrogens is 4. The predicted molar refractivity (Wildman–Crippen MR) is 128 cm³/mol. The summed E-state index contributed by atoms with van der Waals surface area (Å²) in [7, 11) is 0. The first-order valence-electron chi connectivity index (χ1n) is 10.6.